The number of hydrogen-bond acceptors (Lipinski definition) is 5. The van der Waals surface area contributed by atoms with Gasteiger partial charge in [-0.2, -0.15) is 0 Å². The summed E-state index contributed by atoms with van der Waals surface area (Å²) in [7, 11) is 0. The largest absolute Gasteiger partial charge is 0.352 e. The molecular formula is C20H21N5O3. The molecule has 3 heterocycles. The molecule has 28 heavy (non-hydrogen) atoms. The molecule has 4 rings (SSSR count). The van der Waals surface area contributed by atoms with Crippen molar-refractivity contribution >= 4 is 16.9 Å². The van der Waals surface area contributed by atoms with Crippen LogP contribution in [0.15, 0.2) is 52.3 Å². The van der Waals surface area contributed by atoms with Crippen LogP contribution in [0.3, 0.4) is 0 Å². The van der Waals surface area contributed by atoms with E-state index in [4.69, 9.17) is 0 Å². The Morgan fingerprint density at radius 2 is 1.82 bits per heavy atom. The summed E-state index contributed by atoms with van der Waals surface area (Å²) < 4.78 is 2.40. The van der Waals surface area contributed by atoms with Gasteiger partial charge in [0.25, 0.3) is 5.56 Å². The first-order chi connectivity index (χ1) is 13.6. The number of pyridine rings is 2. The Balaban J connectivity index is 1.75. The molecule has 1 aliphatic rings. The fraction of sp³-hybridized carbons (Fsp3) is 0.350. The summed E-state index contributed by atoms with van der Waals surface area (Å²) in [5, 5.41) is 2.98. The third-order valence-corrected chi connectivity index (χ3v) is 5.06. The summed E-state index contributed by atoms with van der Waals surface area (Å²) in [6.07, 6.45) is 7.24. The number of nitrogens with zero attached hydrogens (tertiary/aromatic N) is 4. The summed E-state index contributed by atoms with van der Waals surface area (Å²) in [6.45, 7) is -0.130. The molecule has 3 aromatic heterocycles. The second-order valence-electron chi connectivity index (χ2n) is 7.00. The highest BCUT2D eigenvalue weighted by molar-refractivity contribution is 5.79. The molecule has 0 radical (unpaired) electrons. The molecule has 144 valence electrons. The van der Waals surface area contributed by atoms with Crippen molar-refractivity contribution in [3.05, 3.63) is 69.3 Å². The van der Waals surface area contributed by atoms with Gasteiger partial charge < -0.3 is 5.32 Å². The van der Waals surface area contributed by atoms with Crippen LogP contribution in [-0.2, 0) is 17.9 Å². The van der Waals surface area contributed by atoms with Gasteiger partial charge >= 0.3 is 5.69 Å². The van der Waals surface area contributed by atoms with Crippen LogP contribution < -0.4 is 16.6 Å². The minimum Gasteiger partial charge on any atom is -0.352 e. The highest BCUT2D eigenvalue weighted by atomic mass is 16.2. The Bertz CT molecular complexity index is 1110. The summed E-state index contributed by atoms with van der Waals surface area (Å²) >= 11 is 0. The number of carbonyl (C=O) groups is 1. The molecule has 1 saturated carbocycles. The number of fused-ring (bicyclic) bond motifs is 1. The average molecular weight is 379 g/mol. The molecule has 0 bridgehead atoms. The molecule has 1 fully saturated rings. The first-order valence-corrected chi connectivity index (χ1v) is 9.41. The van der Waals surface area contributed by atoms with E-state index >= 15 is 0 Å². The van der Waals surface area contributed by atoms with Crippen molar-refractivity contribution in [1.29, 1.82) is 0 Å². The third-order valence-electron chi connectivity index (χ3n) is 5.06. The van der Waals surface area contributed by atoms with Gasteiger partial charge in [-0.1, -0.05) is 18.9 Å². The number of hydrogen-bond donors (Lipinski definition) is 1. The zero-order chi connectivity index (χ0) is 19.5. The van der Waals surface area contributed by atoms with Gasteiger partial charge in [-0.05, 0) is 37.1 Å². The van der Waals surface area contributed by atoms with Crippen LogP contribution >= 0.6 is 0 Å². The van der Waals surface area contributed by atoms with Crippen LogP contribution in [0.5, 0.6) is 0 Å². The molecule has 8 nitrogen and oxygen atoms in total. The molecule has 1 aliphatic carbocycles. The van der Waals surface area contributed by atoms with Crippen molar-refractivity contribution in [3.63, 3.8) is 0 Å². The minimum atomic E-state index is -0.544. The van der Waals surface area contributed by atoms with Crippen molar-refractivity contribution in [2.24, 2.45) is 0 Å². The Kier molecular flexibility index (Phi) is 5.01. The summed E-state index contributed by atoms with van der Waals surface area (Å²) in [5.41, 5.74) is 0.0680. The van der Waals surface area contributed by atoms with E-state index in [9.17, 15) is 14.4 Å². The van der Waals surface area contributed by atoms with E-state index in [-0.39, 0.29) is 30.6 Å². The lowest BCUT2D eigenvalue weighted by atomic mass is 10.2. The maximum atomic E-state index is 13.1. The minimum absolute atomic E-state index is 0.0231. The van der Waals surface area contributed by atoms with Crippen molar-refractivity contribution in [3.8, 4) is 0 Å². The molecule has 0 unspecified atom stereocenters. The molecule has 0 aromatic carbocycles. The van der Waals surface area contributed by atoms with Gasteiger partial charge in [-0.3, -0.25) is 23.7 Å². The maximum absolute atomic E-state index is 13.1. The zero-order valence-electron chi connectivity index (χ0n) is 15.4. The van der Waals surface area contributed by atoms with Crippen LogP contribution in [0.1, 0.15) is 31.4 Å². The third kappa shape index (κ3) is 3.58. The van der Waals surface area contributed by atoms with E-state index in [2.05, 4.69) is 15.3 Å². The number of carbonyl (C=O) groups excluding carboxylic acids is 1. The Hall–Kier alpha value is -3.29. The van der Waals surface area contributed by atoms with Gasteiger partial charge in [0, 0.05) is 18.4 Å². The average Bonchev–Trinajstić information content (AvgIpc) is 3.22. The van der Waals surface area contributed by atoms with Gasteiger partial charge in [0.05, 0.1) is 17.8 Å². The van der Waals surface area contributed by atoms with E-state index in [0.717, 1.165) is 30.3 Å². The number of amides is 1. The number of aromatic nitrogens is 4. The first kappa shape index (κ1) is 18.1. The normalized spacial score (nSPS) is 14.4. The van der Waals surface area contributed by atoms with Gasteiger partial charge in [-0.25, -0.2) is 9.78 Å². The fourth-order valence-corrected chi connectivity index (χ4v) is 3.68. The van der Waals surface area contributed by atoms with Gasteiger partial charge in [-0.15, -0.1) is 0 Å². The predicted octanol–water partition coefficient (Wildman–Crippen LogP) is 1.06. The molecular weight excluding hydrogens is 358 g/mol. The molecule has 1 N–H and O–H groups in total. The molecule has 0 saturated heterocycles. The van der Waals surface area contributed by atoms with E-state index in [1.54, 1.807) is 36.5 Å². The quantitative estimate of drug-likeness (QED) is 0.715. The summed E-state index contributed by atoms with van der Waals surface area (Å²) in [4.78, 5) is 46.8. The predicted molar refractivity (Wildman–Crippen MR) is 104 cm³/mol. The number of rotatable bonds is 5. The summed E-state index contributed by atoms with van der Waals surface area (Å²) in [5.74, 6) is -0.234. The second-order valence-corrected chi connectivity index (χ2v) is 7.00. The topological polar surface area (TPSA) is 98.9 Å². The molecule has 3 aromatic rings. The Labute approximate surface area is 160 Å². The van der Waals surface area contributed by atoms with Crippen molar-refractivity contribution in [2.75, 3.05) is 0 Å². The van der Waals surface area contributed by atoms with Crippen LogP contribution in [0.4, 0.5) is 0 Å². The molecule has 0 aliphatic heterocycles. The second kappa shape index (κ2) is 7.75. The SMILES string of the molecule is O=C(Cn1c(=O)n(Cc2ccccn2)c(=O)c2ncccc21)NC1CCCC1. The van der Waals surface area contributed by atoms with E-state index in [0.29, 0.717) is 11.2 Å². The van der Waals surface area contributed by atoms with Crippen molar-refractivity contribution in [2.45, 2.75) is 44.8 Å². The fourth-order valence-electron chi connectivity index (χ4n) is 3.68. The highest BCUT2D eigenvalue weighted by Crippen LogP contribution is 2.17. The lowest BCUT2D eigenvalue weighted by Gasteiger charge is -2.15. The van der Waals surface area contributed by atoms with Crippen molar-refractivity contribution in [1.82, 2.24) is 24.4 Å². The van der Waals surface area contributed by atoms with Gasteiger partial charge in [0.1, 0.15) is 6.54 Å². The smallest absolute Gasteiger partial charge is 0.332 e. The number of nitrogens with one attached hydrogen (secondary N) is 1. The van der Waals surface area contributed by atoms with Crippen molar-refractivity contribution < 1.29 is 4.79 Å². The zero-order valence-corrected chi connectivity index (χ0v) is 15.4. The van der Waals surface area contributed by atoms with Crippen LogP contribution in [0.2, 0.25) is 0 Å². The van der Waals surface area contributed by atoms with Gasteiger partial charge in [0.15, 0.2) is 5.52 Å². The monoisotopic (exact) mass is 379 g/mol. The van der Waals surface area contributed by atoms with E-state index in [1.807, 2.05) is 0 Å². The lowest BCUT2D eigenvalue weighted by Crippen LogP contribution is -2.44. The molecule has 8 heteroatoms. The maximum Gasteiger partial charge on any atom is 0.332 e. The van der Waals surface area contributed by atoms with E-state index in [1.165, 1.54) is 10.8 Å². The van der Waals surface area contributed by atoms with Gasteiger partial charge in [0.2, 0.25) is 5.91 Å². The van der Waals surface area contributed by atoms with E-state index < -0.39 is 11.2 Å². The summed E-state index contributed by atoms with van der Waals surface area (Å²) in [6, 6.07) is 8.74. The Morgan fingerprint density at radius 3 is 2.57 bits per heavy atom. The Morgan fingerprint density at radius 1 is 1.04 bits per heavy atom. The van der Waals surface area contributed by atoms with Crippen LogP contribution in [0.25, 0.3) is 11.0 Å². The van der Waals surface area contributed by atoms with Crippen LogP contribution in [0, 0.1) is 0 Å². The molecule has 1 amide bonds. The molecule has 0 atom stereocenters. The highest BCUT2D eigenvalue weighted by Gasteiger charge is 2.20. The first-order valence-electron chi connectivity index (χ1n) is 9.41. The standard InChI is InChI=1S/C20H21N5O3/c26-17(23-14-6-1-2-7-14)13-24-16-9-5-11-22-18(16)19(27)25(20(24)28)12-15-8-3-4-10-21-15/h3-5,8-11,14H,1-2,6-7,12-13H2,(H,23,26). The lowest BCUT2D eigenvalue weighted by molar-refractivity contribution is -0.122. The molecule has 0 spiro atoms. The van der Waals surface area contributed by atoms with Crippen LogP contribution in [-0.4, -0.2) is 31.1 Å².